The van der Waals surface area contributed by atoms with Gasteiger partial charge in [-0.3, -0.25) is 0 Å². The van der Waals surface area contributed by atoms with Crippen molar-refractivity contribution in [1.82, 2.24) is 0 Å². The molecule has 0 saturated carbocycles. The molecular weight excluding hydrogens is 416 g/mol. The van der Waals surface area contributed by atoms with Crippen molar-refractivity contribution in [1.29, 1.82) is 0 Å². The smallest absolute Gasteiger partial charge is 0.123 e. The van der Waals surface area contributed by atoms with Crippen LogP contribution < -0.4 is 0 Å². The summed E-state index contributed by atoms with van der Waals surface area (Å²) in [5.74, 6) is 0.0989. The molecule has 2 N–H and O–H groups in total. The molecule has 192 valence electrons. The van der Waals surface area contributed by atoms with Gasteiger partial charge in [0.25, 0.3) is 0 Å². The van der Waals surface area contributed by atoms with Crippen LogP contribution in [0.5, 0.6) is 11.5 Å². The van der Waals surface area contributed by atoms with Crippen molar-refractivity contribution in [3.8, 4) is 11.5 Å². The first-order chi connectivity index (χ1) is 17.6. The summed E-state index contributed by atoms with van der Waals surface area (Å²) in [5.41, 5.74) is 0. The third-order valence-electron chi connectivity index (χ3n) is 3.34. The highest BCUT2D eigenvalue weighted by molar-refractivity contribution is 5.87. The summed E-state index contributed by atoms with van der Waals surface area (Å²) in [4.78, 5) is 0. The second-order valence-electron chi connectivity index (χ2n) is 4.84. The Morgan fingerprint density at radius 1 is 0.471 bits per heavy atom. The highest BCUT2D eigenvalue weighted by Gasteiger charge is 1.94. The molecule has 0 fully saturated rings. The second kappa shape index (κ2) is 30.0. The molecular formula is C32H52O2. The summed E-state index contributed by atoms with van der Waals surface area (Å²) in [6.07, 6.45) is 0. The summed E-state index contributed by atoms with van der Waals surface area (Å²) in [7, 11) is 0. The zero-order valence-corrected chi connectivity index (χ0v) is 23.8. The van der Waals surface area contributed by atoms with Crippen molar-refractivity contribution in [2.24, 2.45) is 0 Å². The monoisotopic (exact) mass is 470 g/mol. The molecule has 34 heavy (non-hydrogen) atoms. The van der Waals surface area contributed by atoms with Gasteiger partial charge in [-0.2, -0.15) is 0 Å². The Hall–Kier alpha value is -3.00. The van der Waals surface area contributed by atoms with Crippen LogP contribution in [-0.2, 0) is 0 Å². The third-order valence-corrected chi connectivity index (χ3v) is 3.34. The van der Waals surface area contributed by atoms with Gasteiger partial charge in [-0.25, -0.2) is 0 Å². The minimum atomic E-state index is 0.0358. The van der Waals surface area contributed by atoms with Crippen LogP contribution >= 0.6 is 0 Å². The molecule has 4 aromatic carbocycles. The van der Waals surface area contributed by atoms with E-state index in [1.54, 1.807) is 12.1 Å². The summed E-state index contributed by atoms with van der Waals surface area (Å²) < 4.78 is 14.9. The molecule has 0 atom stereocenters. The lowest BCUT2D eigenvalue weighted by Crippen LogP contribution is -1.70. The van der Waals surface area contributed by atoms with E-state index in [2.05, 4.69) is 0 Å². The van der Waals surface area contributed by atoms with Crippen molar-refractivity contribution < 1.29 is 13.0 Å². The van der Waals surface area contributed by atoms with Crippen LogP contribution in [0.2, 0.25) is 0 Å². The standard InChI is InChI=1S/2C10H8O.6C2H6/c11-10-7-3-5-8-4-1-2-6-9(8)10;11-10-6-5-8-3-1-2-4-9(8)7-10;6*1-2/h2*1-7,11H;6*1-2H3/i2*7D;;;;;;. The lowest BCUT2D eigenvalue weighted by molar-refractivity contribution is 0.476. The Kier molecular flexibility index (Phi) is 29.3. The molecule has 2 nitrogen and oxygen atoms in total. The SMILES string of the molecule is CC.CC.CC.CC.CC.CC.[2H]c1c(O)ccc2ccccc12.[2H]c1ccc2ccccc2c1O. The fourth-order valence-corrected chi connectivity index (χ4v) is 2.25. The molecule has 0 bridgehead atoms. The first-order valence-electron chi connectivity index (χ1n) is 13.9. The van der Waals surface area contributed by atoms with E-state index in [0.717, 1.165) is 21.5 Å². The number of hydrogen-bond donors (Lipinski definition) is 2. The molecule has 0 heterocycles. The molecule has 0 amide bonds. The number of aromatic hydroxyl groups is 2. The Labute approximate surface area is 214 Å². The maximum atomic E-state index is 9.47. The van der Waals surface area contributed by atoms with Gasteiger partial charge in [-0.15, -0.1) is 0 Å². The zero-order valence-electron chi connectivity index (χ0n) is 25.8. The molecule has 4 aromatic rings. The van der Waals surface area contributed by atoms with E-state index in [-0.39, 0.29) is 23.6 Å². The maximum absolute atomic E-state index is 9.47. The molecule has 0 aliphatic carbocycles. The predicted octanol–water partition coefficient (Wildman–Crippen LogP) is 11.2. The van der Waals surface area contributed by atoms with Crippen molar-refractivity contribution in [2.75, 3.05) is 0 Å². The fraction of sp³-hybridized carbons (Fsp3) is 0.375. The lowest BCUT2D eigenvalue weighted by atomic mass is 10.1. The van der Waals surface area contributed by atoms with Crippen LogP contribution in [0.15, 0.2) is 84.9 Å². The first kappa shape index (κ1) is 33.2. The van der Waals surface area contributed by atoms with Gasteiger partial charge >= 0.3 is 0 Å². The Morgan fingerprint density at radius 2 is 0.882 bits per heavy atom. The molecule has 0 saturated heterocycles. The Morgan fingerprint density at radius 3 is 1.41 bits per heavy atom. The lowest BCUT2D eigenvalue weighted by Gasteiger charge is -1.97. The number of rotatable bonds is 0. The van der Waals surface area contributed by atoms with Crippen LogP contribution in [-0.4, -0.2) is 10.2 Å². The second-order valence-corrected chi connectivity index (χ2v) is 4.84. The minimum Gasteiger partial charge on any atom is -0.508 e. The van der Waals surface area contributed by atoms with Crippen LogP contribution in [0.1, 0.15) is 85.8 Å². The summed E-state index contributed by atoms with van der Waals surface area (Å²) in [5, 5.41) is 22.2. The highest BCUT2D eigenvalue weighted by atomic mass is 16.3. The molecule has 0 radical (unpaired) electrons. The van der Waals surface area contributed by atoms with Gasteiger partial charge in [0.2, 0.25) is 0 Å². The third kappa shape index (κ3) is 15.7. The summed E-state index contributed by atoms with van der Waals surface area (Å²) >= 11 is 0. The van der Waals surface area contributed by atoms with Gasteiger partial charge < -0.3 is 10.2 Å². The Balaban J connectivity index is -0.000000202. The van der Waals surface area contributed by atoms with E-state index in [4.69, 9.17) is 2.74 Å². The zero-order chi connectivity index (χ0) is 29.1. The quantitative estimate of drug-likeness (QED) is 0.268. The van der Waals surface area contributed by atoms with Crippen molar-refractivity contribution in [3.05, 3.63) is 84.9 Å². The topological polar surface area (TPSA) is 40.5 Å². The van der Waals surface area contributed by atoms with Crippen LogP contribution in [0.4, 0.5) is 0 Å². The largest absolute Gasteiger partial charge is 0.508 e. The highest BCUT2D eigenvalue weighted by Crippen LogP contribution is 2.23. The van der Waals surface area contributed by atoms with E-state index in [1.165, 1.54) is 0 Å². The number of benzene rings is 4. The van der Waals surface area contributed by atoms with Crippen molar-refractivity contribution in [2.45, 2.75) is 83.1 Å². The number of phenolic OH excluding ortho intramolecular Hbond substituents is 2. The molecule has 0 aliphatic rings. The van der Waals surface area contributed by atoms with Gasteiger partial charge in [0.15, 0.2) is 0 Å². The maximum Gasteiger partial charge on any atom is 0.123 e. The van der Waals surface area contributed by atoms with Crippen LogP contribution in [0.3, 0.4) is 0 Å². The average Bonchev–Trinajstić information content (AvgIpc) is 3.00. The fourth-order valence-electron chi connectivity index (χ4n) is 2.25. The van der Waals surface area contributed by atoms with E-state index >= 15 is 0 Å². The first-order valence-corrected chi connectivity index (χ1v) is 12.9. The van der Waals surface area contributed by atoms with Crippen LogP contribution in [0.25, 0.3) is 21.5 Å². The average molecular weight is 471 g/mol. The Bertz CT molecular complexity index is 932. The van der Waals surface area contributed by atoms with Crippen molar-refractivity contribution in [3.63, 3.8) is 0 Å². The van der Waals surface area contributed by atoms with Crippen LogP contribution in [0, 0.1) is 0 Å². The van der Waals surface area contributed by atoms with E-state index < -0.39 is 0 Å². The molecule has 0 spiro atoms. The molecule has 2 heteroatoms. The van der Waals surface area contributed by atoms with Gasteiger partial charge in [0, 0.05) is 5.39 Å². The summed E-state index contributed by atoms with van der Waals surface area (Å²) in [6.45, 7) is 24.0. The van der Waals surface area contributed by atoms with E-state index in [1.807, 2.05) is 144 Å². The molecule has 0 aliphatic heterocycles. The number of fused-ring (bicyclic) bond motifs is 2. The normalized spacial score (nSPS) is 8.47. The van der Waals surface area contributed by atoms with Gasteiger partial charge in [-0.1, -0.05) is 150 Å². The van der Waals surface area contributed by atoms with E-state index in [0.29, 0.717) is 0 Å². The summed E-state index contributed by atoms with van der Waals surface area (Å²) in [6, 6.07) is 22.2. The molecule has 0 aromatic heterocycles. The number of phenols is 2. The predicted molar refractivity (Wildman–Crippen MR) is 159 cm³/mol. The number of hydrogen-bond acceptors (Lipinski definition) is 2. The van der Waals surface area contributed by atoms with Gasteiger partial charge in [0.1, 0.15) is 11.5 Å². The molecule has 0 unspecified atom stereocenters. The molecule has 4 rings (SSSR count). The van der Waals surface area contributed by atoms with E-state index in [9.17, 15) is 10.2 Å². The van der Waals surface area contributed by atoms with Gasteiger partial charge in [0.05, 0.1) is 2.74 Å². The minimum absolute atomic E-state index is 0.0358. The van der Waals surface area contributed by atoms with Crippen molar-refractivity contribution >= 4 is 21.5 Å². The van der Waals surface area contributed by atoms with Gasteiger partial charge in [-0.05, 0) is 34.3 Å².